The van der Waals surface area contributed by atoms with Crippen molar-refractivity contribution in [3.8, 4) is 0 Å². The van der Waals surface area contributed by atoms with Crippen LogP contribution in [0, 0.1) is 6.92 Å². The summed E-state index contributed by atoms with van der Waals surface area (Å²) < 4.78 is 0. The van der Waals surface area contributed by atoms with Gasteiger partial charge < -0.3 is 0 Å². The SMILES string of the molecule is Cc1ccc(/C=N/NC(=O)c2ccccn2)cc1. The summed E-state index contributed by atoms with van der Waals surface area (Å²) in [5, 5.41) is 3.88. The fourth-order valence-corrected chi connectivity index (χ4v) is 1.37. The summed E-state index contributed by atoms with van der Waals surface area (Å²) in [7, 11) is 0. The second-order valence-corrected chi connectivity index (χ2v) is 3.82. The van der Waals surface area contributed by atoms with Crippen molar-refractivity contribution in [1.29, 1.82) is 0 Å². The Morgan fingerprint density at radius 1 is 1.22 bits per heavy atom. The molecular formula is C14H13N3O. The topological polar surface area (TPSA) is 54.4 Å². The highest BCUT2D eigenvalue weighted by molar-refractivity contribution is 5.93. The first-order valence-electron chi connectivity index (χ1n) is 5.57. The van der Waals surface area contributed by atoms with Crippen molar-refractivity contribution in [3.05, 3.63) is 65.5 Å². The Balaban J connectivity index is 1.96. The van der Waals surface area contributed by atoms with E-state index in [1.54, 1.807) is 30.6 Å². The molecule has 1 aromatic heterocycles. The molecule has 2 rings (SSSR count). The molecule has 1 aromatic carbocycles. The van der Waals surface area contributed by atoms with Gasteiger partial charge >= 0.3 is 0 Å². The van der Waals surface area contributed by atoms with Gasteiger partial charge in [0.15, 0.2) is 0 Å². The maximum atomic E-state index is 11.6. The summed E-state index contributed by atoms with van der Waals surface area (Å²) >= 11 is 0. The minimum atomic E-state index is -0.320. The van der Waals surface area contributed by atoms with Gasteiger partial charge in [-0.3, -0.25) is 9.78 Å². The average molecular weight is 239 g/mol. The normalized spacial score (nSPS) is 10.5. The van der Waals surface area contributed by atoms with Crippen molar-refractivity contribution in [2.75, 3.05) is 0 Å². The number of rotatable bonds is 3. The number of hydrazone groups is 1. The van der Waals surface area contributed by atoms with E-state index in [1.165, 1.54) is 5.56 Å². The smallest absolute Gasteiger partial charge is 0.266 e. The van der Waals surface area contributed by atoms with Crippen LogP contribution in [0.5, 0.6) is 0 Å². The van der Waals surface area contributed by atoms with Crippen LogP contribution in [-0.2, 0) is 0 Å². The van der Waals surface area contributed by atoms with Gasteiger partial charge in [0.1, 0.15) is 5.69 Å². The van der Waals surface area contributed by atoms with Gasteiger partial charge in [-0.25, -0.2) is 5.43 Å². The number of nitrogens with one attached hydrogen (secondary N) is 1. The monoisotopic (exact) mass is 239 g/mol. The van der Waals surface area contributed by atoms with Crippen LogP contribution in [0.2, 0.25) is 0 Å². The number of carbonyl (C=O) groups is 1. The van der Waals surface area contributed by atoms with Crippen LogP contribution in [0.4, 0.5) is 0 Å². The van der Waals surface area contributed by atoms with E-state index in [-0.39, 0.29) is 5.91 Å². The molecule has 0 fully saturated rings. The minimum Gasteiger partial charge on any atom is -0.266 e. The Kier molecular flexibility index (Phi) is 3.81. The first kappa shape index (κ1) is 12.0. The van der Waals surface area contributed by atoms with Crippen LogP contribution in [-0.4, -0.2) is 17.1 Å². The van der Waals surface area contributed by atoms with Gasteiger partial charge in [-0.05, 0) is 24.6 Å². The van der Waals surface area contributed by atoms with Crippen molar-refractivity contribution in [3.63, 3.8) is 0 Å². The molecular weight excluding hydrogens is 226 g/mol. The quantitative estimate of drug-likeness (QED) is 0.659. The zero-order valence-corrected chi connectivity index (χ0v) is 10.00. The van der Waals surface area contributed by atoms with E-state index in [4.69, 9.17) is 0 Å². The number of pyridine rings is 1. The lowest BCUT2D eigenvalue weighted by molar-refractivity contribution is 0.0950. The molecule has 0 aliphatic rings. The summed E-state index contributed by atoms with van der Waals surface area (Å²) in [6, 6.07) is 13.0. The molecule has 0 bridgehead atoms. The summed E-state index contributed by atoms with van der Waals surface area (Å²) in [6.45, 7) is 2.02. The summed E-state index contributed by atoms with van der Waals surface area (Å²) in [6.07, 6.45) is 3.17. The van der Waals surface area contributed by atoms with Gasteiger partial charge in [0.25, 0.3) is 5.91 Å². The lowest BCUT2D eigenvalue weighted by Gasteiger charge is -1.98. The Bertz CT molecular complexity index is 547. The van der Waals surface area contributed by atoms with E-state index in [0.29, 0.717) is 5.69 Å². The Labute approximate surface area is 105 Å². The number of carbonyl (C=O) groups excluding carboxylic acids is 1. The summed E-state index contributed by atoms with van der Waals surface area (Å²) in [4.78, 5) is 15.5. The van der Waals surface area contributed by atoms with E-state index >= 15 is 0 Å². The van der Waals surface area contributed by atoms with Crippen molar-refractivity contribution in [2.24, 2.45) is 5.10 Å². The number of nitrogens with zero attached hydrogens (tertiary/aromatic N) is 2. The summed E-state index contributed by atoms with van der Waals surface area (Å²) in [5.74, 6) is -0.320. The van der Waals surface area contributed by atoms with Gasteiger partial charge in [0.05, 0.1) is 6.21 Å². The van der Waals surface area contributed by atoms with Gasteiger partial charge in [-0.15, -0.1) is 0 Å². The minimum absolute atomic E-state index is 0.320. The highest BCUT2D eigenvalue weighted by Gasteiger charge is 2.03. The molecule has 2 aromatic rings. The van der Waals surface area contributed by atoms with Crippen LogP contribution < -0.4 is 5.43 Å². The molecule has 0 saturated carbocycles. The molecule has 1 N–H and O–H groups in total. The average Bonchev–Trinajstić information content (AvgIpc) is 2.42. The predicted octanol–water partition coefficient (Wildman–Crippen LogP) is 2.15. The highest BCUT2D eigenvalue weighted by Crippen LogP contribution is 2.00. The molecule has 0 radical (unpaired) electrons. The lowest BCUT2D eigenvalue weighted by Crippen LogP contribution is -2.18. The molecule has 4 heteroatoms. The first-order valence-corrected chi connectivity index (χ1v) is 5.57. The third-order valence-electron chi connectivity index (χ3n) is 2.35. The Hall–Kier alpha value is -2.49. The summed E-state index contributed by atoms with van der Waals surface area (Å²) in [5.41, 5.74) is 4.89. The van der Waals surface area contributed by atoms with Crippen molar-refractivity contribution >= 4 is 12.1 Å². The van der Waals surface area contributed by atoms with Gasteiger partial charge in [-0.2, -0.15) is 5.10 Å². The Morgan fingerprint density at radius 3 is 2.67 bits per heavy atom. The maximum Gasteiger partial charge on any atom is 0.289 e. The fraction of sp³-hybridized carbons (Fsp3) is 0.0714. The van der Waals surface area contributed by atoms with Crippen LogP contribution in [0.25, 0.3) is 0 Å². The molecule has 0 aliphatic carbocycles. The molecule has 1 heterocycles. The van der Waals surface area contributed by atoms with E-state index in [9.17, 15) is 4.79 Å². The molecule has 0 aliphatic heterocycles. The zero-order valence-electron chi connectivity index (χ0n) is 10.00. The molecule has 4 nitrogen and oxygen atoms in total. The third kappa shape index (κ3) is 3.25. The van der Waals surface area contributed by atoms with Gasteiger partial charge in [0.2, 0.25) is 0 Å². The number of amides is 1. The van der Waals surface area contributed by atoms with E-state index < -0.39 is 0 Å². The number of aryl methyl sites for hydroxylation is 1. The maximum absolute atomic E-state index is 11.6. The predicted molar refractivity (Wildman–Crippen MR) is 70.5 cm³/mol. The number of hydrogen-bond donors (Lipinski definition) is 1. The Morgan fingerprint density at radius 2 is 2.00 bits per heavy atom. The molecule has 90 valence electrons. The van der Waals surface area contributed by atoms with Crippen molar-refractivity contribution in [2.45, 2.75) is 6.92 Å². The van der Waals surface area contributed by atoms with Crippen molar-refractivity contribution in [1.82, 2.24) is 10.4 Å². The van der Waals surface area contributed by atoms with E-state index in [1.807, 2.05) is 31.2 Å². The van der Waals surface area contributed by atoms with Gasteiger partial charge in [-0.1, -0.05) is 35.9 Å². The van der Waals surface area contributed by atoms with Crippen molar-refractivity contribution < 1.29 is 4.79 Å². The first-order chi connectivity index (χ1) is 8.75. The van der Waals surface area contributed by atoms with Crippen LogP contribution in [0.1, 0.15) is 21.6 Å². The van der Waals surface area contributed by atoms with E-state index in [0.717, 1.165) is 5.56 Å². The molecule has 1 amide bonds. The lowest BCUT2D eigenvalue weighted by atomic mass is 10.2. The number of aromatic nitrogens is 1. The highest BCUT2D eigenvalue weighted by atomic mass is 16.2. The second kappa shape index (κ2) is 5.72. The van der Waals surface area contributed by atoms with Crippen LogP contribution in [0.3, 0.4) is 0 Å². The van der Waals surface area contributed by atoms with Gasteiger partial charge in [0, 0.05) is 6.20 Å². The number of benzene rings is 1. The van der Waals surface area contributed by atoms with E-state index in [2.05, 4.69) is 15.5 Å². The number of hydrogen-bond acceptors (Lipinski definition) is 3. The molecule has 0 saturated heterocycles. The third-order valence-corrected chi connectivity index (χ3v) is 2.35. The van der Waals surface area contributed by atoms with Crippen LogP contribution >= 0.6 is 0 Å². The molecule has 0 atom stereocenters. The molecule has 18 heavy (non-hydrogen) atoms. The standard InChI is InChI=1S/C14H13N3O/c1-11-5-7-12(8-6-11)10-16-17-14(18)13-4-2-3-9-15-13/h2-10H,1H3,(H,17,18)/b16-10+. The fourth-order valence-electron chi connectivity index (χ4n) is 1.37. The largest absolute Gasteiger partial charge is 0.289 e. The second-order valence-electron chi connectivity index (χ2n) is 3.82. The zero-order chi connectivity index (χ0) is 12.8. The molecule has 0 unspecified atom stereocenters. The van der Waals surface area contributed by atoms with Crippen LogP contribution in [0.15, 0.2) is 53.8 Å². The molecule has 0 spiro atoms.